The van der Waals surface area contributed by atoms with Crippen LogP contribution in [0.1, 0.15) is 12.8 Å². The highest BCUT2D eigenvalue weighted by Gasteiger charge is 2.96. The summed E-state index contributed by atoms with van der Waals surface area (Å²) in [7, 11) is -8.02. The van der Waals surface area contributed by atoms with Gasteiger partial charge in [-0.05, 0) is 0 Å². The van der Waals surface area contributed by atoms with Crippen LogP contribution in [0.3, 0.4) is 0 Å². The van der Waals surface area contributed by atoms with Crippen LogP contribution in [0.25, 0.3) is 0 Å². The highest BCUT2D eigenvalue weighted by molar-refractivity contribution is 7.87. The highest BCUT2D eigenvalue weighted by Crippen LogP contribution is 2.64. The van der Waals surface area contributed by atoms with Crippen molar-refractivity contribution in [2.24, 2.45) is 0 Å². The summed E-state index contributed by atoms with van der Waals surface area (Å²) in [6, 6.07) is 0. The van der Waals surface area contributed by atoms with Gasteiger partial charge in [-0.1, -0.05) is 0 Å². The summed E-state index contributed by atoms with van der Waals surface area (Å²) in [6.07, 6.45) is -10.1. The number of hydrogen-bond acceptors (Lipinski definition) is 5. The second-order valence-electron chi connectivity index (χ2n) is 6.57. The third kappa shape index (κ3) is 3.93. The average molecular weight is 597 g/mol. The number of imide groups is 1. The molecule has 1 heterocycles. The predicted octanol–water partition coefficient (Wildman–Crippen LogP) is 4.36. The molecule has 36 heavy (non-hydrogen) atoms. The third-order valence-electron chi connectivity index (χ3n) is 4.19. The number of alkyl halides is 17. The highest BCUT2D eigenvalue weighted by atomic mass is 32.2. The second kappa shape index (κ2) is 8.18. The molecule has 24 heteroatoms. The zero-order valence-electron chi connectivity index (χ0n) is 15.7. The molecule has 1 aliphatic heterocycles. The quantitative estimate of drug-likeness (QED) is 0.292. The molecule has 0 aromatic rings. The summed E-state index contributed by atoms with van der Waals surface area (Å²) in [6.45, 7) is 0. The Morgan fingerprint density at radius 1 is 0.528 bits per heavy atom. The molecule has 0 bridgehead atoms. The van der Waals surface area contributed by atoms with E-state index < -0.39 is 86.8 Å². The number of rotatable bonds is 9. The molecule has 6 nitrogen and oxygen atoms in total. The van der Waals surface area contributed by atoms with E-state index in [0.717, 1.165) is 0 Å². The Balaban J connectivity index is 3.67. The lowest BCUT2D eigenvalue weighted by Crippen LogP contribution is -2.75. The molecule has 0 spiro atoms. The van der Waals surface area contributed by atoms with Crippen LogP contribution >= 0.6 is 0 Å². The molecule has 0 aromatic heterocycles. The van der Waals surface area contributed by atoms with Crippen LogP contribution in [0.4, 0.5) is 74.6 Å². The Hall–Kier alpha value is -2.14. The van der Waals surface area contributed by atoms with Crippen LogP contribution in [0.15, 0.2) is 0 Å². The van der Waals surface area contributed by atoms with Crippen molar-refractivity contribution in [3.05, 3.63) is 0 Å². The van der Waals surface area contributed by atoms with Gasteiger partial charge in [-0.25, -0.2) is 0 Å². The minimum absolute atomic E-state index is 1.08. The maximum atomic E-state index is 13.7. The smallest absolute Gasteiger partial charge is 0.272 e. The Bertz CT molecular complexity index is 1000. The van der Waals surface area contributed by atoms with E-state index in [1.165, 1.54) is 0 Å². The summed E-state index contributed by atoms with van der Waals surface area (Å²) >= 11 is 0. The number of halogens is 17. The first kappa shape index (κ1) is 31.9. The van der Waals surface area contributed by atoms with Gasteiger partial charge in [0, 0.05) is 12.8 Å². The molecule has 0 radical (unpaired) electrons. The number of amides is 2. The van der Waals surface area contributed by atoms with Gasteiger partial charge in [0.2, 0.25) is 0 Å². The van der Waals surface area contributed by atoms with Crippen LogP contribution in [0.5, 0.6) is 0 Å². The molecular formula is C12H4F17NO5S. The van der Waals surface area contributed by atoms with Crippen molar-refractivity contribution in [2.45, 2.75) is 59.8 Å². The number of carbonyl (C=O) groups is 2. The molecule has 1 aliphatic rings. The lowest BCUT2D eigenvalue weighted by atomic mass is 9.91. The van der Waals surface area contributed by atoms with Crippen LogP contribution in [0, 0.1) is 0 Å². The Kier molecular flexibility index (Phi) is 7.25. The van der Waals surface area contributed by atoms with Gasteiger partial charge < -0.3 is 0 Å². The maximum absolute atomic E-state index is 13.7. The van der Waals surface area contributed by atoms with E-state index in [0.29, 0.717) is 0 Å². The fraction of sp³-hybridized carbons (Fsp3) is 0.833. The van der Waals surface area contributed by atoms with Gasteiger partial charge in [0.15, 0.2) is 0 Å². The van der Waals surface area contributed by atoms with Gasteiger partial charge in [0.05, 0.1) is 0 Å². The molecular weight excluding hydrogens is 593 g/mol. The van der Waals surface area contributed by atoms with E-state index in [4.69, 9.17) is 0 Å². The van der Waals surface area contributed by atoms with E-state index in [2.05, 4.69) is 4.28 Å². The van der Waals surface area contributed by atoms with Crippen LogP contribution in [-0.4, -0.2) is 72.3 Å². The Morgan fingerprint density at radius 2 is 0.806 bits per heavy atom. The molecule has 1 saturated heterocycles. The number of hydrogen-bond donors (Lipinski definition) is 0. The first-order chi connectivity index (χ1) is 15.4. The Labute approximate surface area is 185 Å². The summed E-state index contributed by atoms with van der Waals surface area (Å²) in [5.41, 5.74) is 0. The van der Waals surface area contributed by atoms with Crippen molar-refractivity contribution >= 4 is 21.9 Å². The van der Waals surface area contributed by atoms with Crippen LogP contribution in [-0.2, 0) is 24.0 Å². The topological polar surface area (TPSA) is 80.8 Å². The minimum Gasteiger partial charge on any atom is -0.272 e. The molecule has 0 N–H and O–H groups in total. The van der Waals surface area contributed by atoms with Gasteiger partial charge in [0.1, 0.15) is 0 Å². The van der Waals surface area contributed by atoms with Gasteiger partial charge in [-0.2, -0.15) is 83.1 Å². The molecule has 0 aliphatic carbocycles. The summed E-state index contributed by atoms with van der Waals surface area (Å²) in [5, 5.41) is -9.28. The van der Waals surface area contributed by atoms with Gasteiger partial charge in [-0.3, -0.25) is 9.59 Å². The molecule has 1 fully saturated rings. The molecule has 0 saturated carbocycles. The lowest BCUT2D eigenvalue weighted by Gasteiger charge is -2.42. The van der Waals surface area contributed by atoms with E-state index in [1.807, 2.05) is 0 Å². The Morgan fingerprint density at radius 3 is 1.11 bits per heavy atom. The van der Waals surface area contributed by atoms with E-state index >= 15 is 0 Å². The molecule has 2 amide bonds. The molecule has 0 atom stereocenters. The molecule has 212 valence electrons. The number of carbonyl (C=O) groups excluding carboxylic acids is 2. The third-order valence-corrected chi connectivity index (χ3v) is 5.42. The summed E-state index contributed by atoms with van der Waals surface area (Å²) < 4.78 is 248. The van der Waals surface area contributed by atoms with Crippen LogP contribution < -0.4 is 0 Å². The minimum atomic E-state index is -9.00. The SMILES string of the molecule is O=C1CCC(=O)N1OS(=O)(=O)C(F)(F)C(F)(F)C(F)(F)C(F)(F)C(F)(F)C(F)(F)C(F)(F)C(F)(F)F. The summed E-state index contributed by atoms with van der Waals surface area (Å²) in [4.78, 5) is 22.2. The molecule has 0 unspecified atom stereocenters. The zero-order valence-corrected chi connectivity index (χ0v) is 16.6. The number of nitrogens with zero attached hydrogens (tertiary/aromatic N) is 1. The second-order valence-corrected chi connectivity index (χ2v) is 8.14. The monoisotopic (exact) mass is 597 g/mol. The van der Waals surface area contributed by atoms with Gasteiger partial charge in [0.25, 0.3) is 11.8 Å². The standard InChI is InChI=1S/C12H4F17NO5S/c13-5(14,7(17,18)9(21,22)11(25,26)27)6(15,16)8(19,20)10(23,24)12(28,29)36(33,34)35-30-3(31)1-2-4(30)32/h1-2H2. The molecule has 0 aromatic carbocycles. The van der Waals surface area contributed by atoms with Crippen molar-refractivity contribution in [1.29, 1.82) is 0 Å². The van der Waals surface area contributed by atoms with E-state index in [1.54, 1.807) is 0 Å². The van der Waals surface area contributed by atoms with Crippen molar-refractivity contribution in [1.82, 2.24) is 5.06 Å². The fourth-order valence-electron chi connectivity index (χ4n) is 2.09. The van der Waals surface area contributed by atoms with Crippen molar-refractivity contribution in [3.63, 3.8) is 0 Å². The predicted molar refractivity (Wildman–Crippen MR) is 71.8 cm³/mol. The average Bonchev–Trinajstić information content (AvgIpc) is 2.97. The van der Waals surface area contributed by atoms with Gasteiger partial charge in [-0.15, -0.1) is 9.35 Å². The first-order valence-electron chi connectivity index (χ1n) is 7.91. The largest absolute Gasteiger partial charge is 0.460 e. The van der Waals surface area contributed by atoms with Crippen molar-refractivity contribution in [2.75, 3.05) is 0 Å². The van der Waals surface area contributed by atoms with E-state index in [9.17, 15) is 92.6 Å². The maximum Gasteiger partial charge on any atom is 0.460 e. The first-order valence-corrected chi connectivity index (χ1v) is 9.32. The van der Waals surface area contributed by atoms with Crippen LogP contribution in [0.2, 0.25) is 0 Å². The molecule has 1 rings (SSSR count). The van der Waals surface area contributed by atoms with Gasteiger partial charge >= 0.3 is 57.1 Å². The van der Waals surface area contributed by atoms with E-state index in [-0.39, 0.29) is 0 Å². The lowest BCUT2D eigenvalue weighted by molar-refractivity contribution is -0.458. The zero-order chi connectivity index (χ0) is 29.4. The van der Waals surface area contributed by atoms with Crippen molar-refractivity contribution < 1.29 is 96.9 Å². The van der Waals surface area contributed by atoms with Crippen molar-refractivity contribution in [3.8, 4) is 0 Å². The fourth-order valence-corrected chi connectivity index (χ4v) is 2.99. The summed E-state index contributed by atoms with van der Waals surface area (Å²) in [5.74, 6) is -56.5. The number of hydroxylamine groups is 2. The normalized spacial score (nSPS) is 18.3.